The van der Waals surface area contributed by atoms with Gasteiger partial charge in [0, 0.05) is 19.0 Å². The summed E-state index contributed by atoms with van der Waals surface area (Å²) in [6.07, 6.45) is 3.58. The van der Waals surface area contributed by atoms with Crippen molar-refractivity contribution in [3.8, 4) is 0 Å². The van der Waals surface area contributed by atoms with Crippen LogP contribution in [-0.2, 0) is 25.9 Å². The van der Waals surface area contributed by atoms with E-state index in [0.29, 0.717) is 43.1 Å². The Balaban J connectivity index is 1.41. The largest absolute Gasteiger partial charge is 0.348 e. The van der Waals surface area contributed by atoms with Crippen LogP contribution in [0.4, 0.5) is 4.39 Å². The van der Waals surface area contributed by atoms with Crippen molar-refractivity contribution in [3.05, 3.63) is 62.5 Å². The zero-order valence-electron chi connectivity index (χ0n) is 16.7. The Labute approximate surface area is 176 Å². The SMILES string of the molecule is CCCc1nnsc1C(=O)NC1CCc2nn(Cc3ccc(F)cc3)c(=O)n2CC1. The quantitative estimate of drug-likeness (QED) is 0.647. The molecule has 0 saturated heterocycles. The van der Waals surface area contributed by atoms with Crippen LogP contribution in [-0.4, -0.2) is 35.9 Å². The predicted octanol–water partition coefficient (Wildman–Crippen LogP) is 2.17. The lowest BCUT2D eigenvalue weighted by Crippen LogP contribution is -2.36. The lowest BCUT2D eigenvalue weighted by molar-refractivity contribution is 0.0936. The molecule has 0 spiro atoms. The molecule has 4 rings (SSSR count). The number of hydrogen-bond donors (Lipinski definition) is 1. The van der Waals surface area contributed by atoms with Crippen LogP contribution in [0.15, 0.2) is 29.1 Å². The highest BCUT2D eigenvalue weighted by Gasteiger charge is 2.24. The van der Waals surface area contributed by atoms with Gasteiger partial charge in [0.25, 0.3) is 5.91 Å². The van der Waals surface area contributed by atoms with Crippen molar-refractivity contribution >= 4 is 17.4 Å². The molecule has 1 aliphatic rings. The summed E-state index contributed by atoms with van der Waals surface area (Å²) in [5, 5.41) is 11.6. The van der Waals surface area contributed by atoms with Crippen molar-refractivity contribution in [3.63, 3.8) is 0 Å². The first kappa shape index (κ1) is 20.4. The van der Waals surface area contributed by atoms with Gasteiger partial charge in [-0.1, -0.05) is 30.0 Å². The molecule has 30 heavy (non-hydrogen) atoms. The minimum Gasteiger partial charge on any atom is -0.348 e. The molecule has 8 nitrogen and oxygen atoms in total. The highest BCUT2D eigenvalue weighted by atomic mass is 32.1. The van der Waals surface area contributed by atoms with Crippen LogP contribution in [0.5, 0.6) is 0 Å². The number of halogens is 1. The maximum Gasteiger partial charge on any atom is 0.346 e. The van der Waals surface area contributed by atoms with Gasteiger partial charge in [-0.15, -0.1) is 5.10 Å². The van der Waals surface area contributed by atoms with Gasteiger partial charge in [-0.3, -0.25) is 9.36 Å². The Hall–Kier alpha value is -2.88. The van der Waals surface area contributed by atoms with Gasteiger partial charge in [0.1, 0.15) is 16.5 Å². The van der Waals surface area contributed by atoms with Gasteiger partial charge in [0.05, 0.1) is 12.2 Å². The van der Waals surface area contributed by atoms with Crippen molar-refractivity contribution in [2.45, 2.75) is 58.2 Å². The minimum absolute atomic E-state index is 0.0410. The van der Waals surface area contributed by atoms with E-state index in [4.69, 9.17) is 0 Å². The molecule has 1 aromatic carbocycles. The van der Waals surface area contributed by atoms with E-state index in [0.717, 1.165) is 35.6 Å². The Morgan fingerprint density at radius 3 is 2.87 bits per heavy atom. The Morgan fingerprint density at radius 1 is 1.30 bits per heavy atom. The normalized spacial score (nSPS) is 16.1. The molecule has 158 valence electrons. The number of aryl methyl sites for hydroxylation is 2. The zero-order valence-corrected chi connectivity index (χ0v) is 17.5. The summed E-state index contributed by atoms with van der Waals surface area (Å²) in [6, 6.07) is 6.01. The van der Waals surface area contributed by atoms with Gasteiger partial charge in [0.15, 0.2) is 0 Å². The lowest BCUT2D eigenvalue weighted by Gasteiger charge is -2.15. The van der Waals surface area contributed by atoms with Crippen LogP contribution in [0.3, 0.4) is 0 Å². The van der Waals surface area contributed by atoms with E-state index in [-0.39, 0.29) is 23.5 Å². The van der Waals surface area contributed by atoms with Crippen molar-refractivity contribution in [2.75, 3.05) is 0 Å². The highest BCUT2D eigenvalue weighted by Crippen LogP contribution is 2.16. The molecule has 0 radical (unpaired) electrons. The smallest absolute Gasteiger partial charge is 0.346 e. The standard InChI is InChI=1S/C20H23FN6O2S/c1-2-3-16-18(30-25-23-16)19(28)22-15-8-9-17-24-27(20(29)26(17)11-10-15)12-13-4-6-14(21)7-5-13/h4-7,15H,2-3,8-12H2,1H3,(H,22,28). The Bertz CT molecular complexity index is 1090. The Kier molecular flexibility index (Phi) is 6.03. The number of amides is 1. The summed E-state index contributed by atoms with van der Waals surface area (Å²) in [5.41, 5.74) is 1.38. The van der Waals surface area contributed by atoms with Crippen LogP contribution in [0.25, 0.3) is 0 Å². The molecular formula is C20H23FN6O2S. The fraction of sp³-hybridized carbons (Fsp3) is 0.450. The monoisotopic (exact) mass is 430 g/mol. The molecule has 3 aromatic rings. The van der Waals surface area contributed by atoms with Crippen molar-refractivity contribution in [1.29, 1.82) is 0 Å². The molecule has 10 heteroatoms. The van der Waals surface area contributed by atoms with Crippen LogP contribution in [0, 0.1) is 5.82 Å². The summed E-state index contributed by atoms with van der Waals surface area (Å²) >= 11 is 1.12. The van der Waals surface area contributed by atoms with Crippen LogP contribution in [0.1, 0.15) is 52.9 Å². The predicted molar refractivity (Wildman–Crippen MR) is 110 cm³/mol. The minimum atomic E-state index is -0.310. The third-order valence-electron chi connectivity index (χ3n) is 5.25. The number of carbonyl (C=O) groups excluding carboxylic acids is 1. The second kappa shape index (κ2) is 8.86. The van der Waals surface area contributed by atoms with Gasteiger partial charge in [0.2, 0.25) is 0 Å². The molecule has 1 unspecified atom stereocenters. The molecule has 0 fully saturated rings. The van der Waals surface area contributed by atoms with E-state index in [9.17, 15) is 14.0 Å². The van der Waals surface area contributed by atoms with E-state index in [1.807, 2.05) is 6.92 Å². The number of carbonyl (C=O) groups is 1. The highest BCUT2D eigenvalue weighted by molar-refractivity contribution is 7.08. The number of fused-ring (bicyclic) bond motifs is 1. The van der Waals surface area contributed by atoms with Gasteiger partial charge in [-0.05, 0) is 48.5 Å². The van der Waals surface area contributed by atoms with E-state index in [2.05, 4.69) is 20.0 Å². The second-order valence-electron chi connectivity index (χ2n) is 7.43. The second-order valence-corrected chi connectivity index (χ2v) is 8.19. The lowest BCUT2D eigenvalue weighted by atomic mass is 10.1. The third kappa shape index (κ3) is 4.33. The fourth-order valence-electron chi connectivity index (χ4n) is 3.67. The molecule has 0 saturated carbocycles. The summed E-state index contributed by atoms with van der Waals surface area (Å²) in [6.45, 7) is 2.83. The summed E-state index contributed by atoms with van der Waals surface area (Å²) in [4.78, 5) is 26.0. The Morgan fingerprint density at radius 2 is 2.10 bits per heavy atom. The first-order valence-corrected chi connectivity index (χ1v) is 10.9. The number of nitrogens with zero attached hydrogens (tertiary/aromatic N) is 5. The summed E-state index contributed by atoms with van der Waals surface area (Å²) < 4.78 is 20.1. The number of nitrogens with one attached hydrogen (secondary N) is 1. The van der Waals surface area contributed by atoms with Gasteiger partial charge in [-0.25, -0.2) is 13.9 Å². The summed E-state index contributed by atoms with van der Waals surface area (Å²) in [7, 11) is 0. The van der Waals surface area contributed by atoms with Gasteiger partial charge < -0.3 is 5.32 Å². The van der Waals surface area contributed by atoms with Crippen molar-refractivity contribution in [2.24, 2.45) is 0 Å². The number of hydrogen-bond acceptors (Lipinski definition) is 6. The van der Waals surface area contributed by atoms with Crippen LogP contribution < -0.4 is 11.0 Å². The van der Waals surface area contributed by atoms with E-state index in [1.54, 1.807) is 16.7 Å². The molecule has 1 amide bonds. The van der Waals surface area contributed by atoms with E-state index >= 15 is 0 Å². The summed E-state index contributed by atoms with van der Waals surface area (Å²) in [5.74, 6) is 0.257. The molecule has 1 aliphatic heterocycles. The van der Waals surface area contributed by atoms with Gasteiger partial charge in [-0.2, -0.15) is 5.10 Å². The van der Waals surface area contributed by atoms with E-state index < -0.39 is 0 Å². The topological polar surface area (TPSA) is 94.7 Å². The molecule has 3 heterocycles. The molecule has 1 N–H and O–H groups in total. The molecule has 1 atom stereocenters. The fourth-order valence-corrected chi connectivity index (χ4v) is 4.28. The van der Waals surface area contributed by atoms with Crippen LogP contribution >= 0.6 is 11.5 Å². The van der Waals surface area contributed by atoms with E-state index in [1.165, 1.54) is 16.8 Å². The number of aromatic nitrogens is 5. The third-order valence-corrected chi connectivity index (χ3v) is 6.01. The van der Waals surface area contributed by atoms with Crippen molar-refractivity contribution in [1.82, 2.24) is 29.3 Å². The molecule has 0 bridgehead atoms. The molecular weight excluding hydrogens is 407 g/mol. The maximum absolute atomic E-state index is 13.1. The maximum atomic E-state index is 13.1. The average Bonchev–Trinajstić information content (AvgIpc) is 3.25. The molecule has 0 aliphatic carbocycles. The first-order valence-electron chi connectivity index (χ1n) is 10.1. The molecule has 2 aromatic heterocycles. The van der Waals surface area contributed by atoms with Crippen LogP contribution in [0.2, 0.25) is 0 Å². The average molecular weight is 431 g/mol. The zero-order chi connectivity index (χ0) is 21.1. The van der Waals surface area contributed by atoms with Crippen molar-refractivity contribution < 1.29 is 9.18 Å². The first-order chi connectivity index (χ1) is 14.5. The van der Waals surface area contributed by atoms with Gasteiger partial charge >= 0.3 is 5.69 Å². The number of benzene rings is 1. The number of rotatable bonds is 6.